The molecule has 0 unspecified atom stereocenters. The summed E-state index contributed by atoms with van der Waals surface area (Å²) in [5.74, 6) is 0.687. The van der Waals surface area contributed by atoms with Crippen LogP contribution in [0.2, 0.25) is 0 Å². The van der Waals surface area contributed by atoms with Crippen LogP contribution in [-0.4, -0.2) is 24.8 Å². The summed E-state index contributed by atoms with van der Waals surface area (Å²) in [7, 11) is 0. The highest BCUT2D eigenvalue weighted by atomic mass is 16.3. The maximum absolute atomic E-state index is 8.84. The molecule has 1 aliphatic rings. The number of aliphatic hydroxyl groups excluding tert-OH is 1. The summed E-state index contributed by atoms with van der Waals surface area (Å²) in [5.41, 5.74) is 0.119. The van der Waals surface area contributed by atoms with Gasteiger partial charge in [0.25, 0.3) is 0 Å². The van der Waals surface area contributed by atoms with Crippen molar-refractivity contribution < 1.29 is 5.11 Å². The van der Waals surface area contributed by atoms with E-state index in [1.807, 2.05) is 13.8 Å². The maximum atomic E-state index is 8.84. The molecule has 1 fully saturated rings. The van der Waals surface area contributed by atoms with Crippen molar-refractivity contribution in [1.29, 1.82) is 0 Å². The maximum Gasteiger partial charge on any atom is 0.0482 e. The lowest BCUT2D eigenvalue weighted by Gasteiger charge is -2.23. The van der Waals surface area contributed by atoms with E-state index < -0.39 is 0 Å². The molecule has 0 aromatic heterocycles. The van der Waals surface area contributed by atoms with Gasteiger partial charge in [0.2, 0.25) is 0 Å². The summed E-state index contributed by atoms with van der Waals surface area (Å²) >= 11 is 0. The highest BCUT2D eigenvalue weighted by Crippen LogP contribution is 2.23. The third-order valence-corrected chi connectivity index (χ3v) is 2.60. The van der Waals surface area contributed by atoms with Crippen molar-refractivity contribution in [3.05, 3.63) is 0 Å². The van der Waals surface area contributed by atoms with Gasteiger partial charge in [-0.05, 0) is 43.7 Å². The Morgan fingerprint density at radius 3 is 1.65 bits per heavy atom. The van der Waals surface area contributed by atoms with Crippen molar-refractivity contribution >= 4 is 0 Å². The van der Waals surface area contributed by atoms with Crippen molar-refractivity contribution in [2.75, 3.05) is 19.7 Å². The molecule has 2 nitrogen and oxygen atoms in total. The van der Waals surface area contributed by atoms with E-state index in [9.17, 15) is 0 Å². The van der Waals surface area contributed by atoms with Crippen LogP contribution >= 0.6 is 0 Å². The van der Waals surface area contributed by atoms with Crippen molar-refractivity contribution in [1.82, 2.24) is 5.32 Å². The molecule has 0 aromatic carbocycles. The minimum atomic E-state index is 0.119. The molecule has 0 spiro atoms. The summed E-state index contributed by atoms with van der Waals surface area (Å²) in [6.07, 6.45) is 5.32. The Hall–Kier alpha value is -0.0800. The van der Waals surface area contributed by atoms with Gasteiger partial charge in [-0.3, -0.25) is 0 Å². The minimum absolute atomic E-state index is 0.119. The van der Waals surface area contributed by atoms with E-state index in [0.29, 0.717) is 12.5 Å². The van der Waals surface area contributed by atoms with Crippen molar-refractivity contribution in [3.63, 3.8) is 0 Å². The quantitative estimate of drug-likeness (QED) is 0.792. The first-order valence-electron chi connectivity index (χ1n) is 7.29. The topological polar surface area (TPSA) is 32.3 Å². The van der Waals surface area contributed by atoms with Crippen molar-refractivity contribution in [2.45, 2.75) is 67.2 Å². The fourth-order valence-corrected chi connectivity index (χ4v) is 1.97. The summed E-state index contributed by atoms with van der Waals surface area (Å²) < 4.78 is 0. The van der Waals surface area contributed by atoms with Crippen LogP contribution in [0.1, 0.15) is 67.2 Å². The lowest BCUT2D eigenvalue weighted by molar-refractivity contribution is 0.136. The number of hydrogen-bond acceptors (Lipinski definition) is 2. The molecule has 0 radical (unpaired) electrons. The van der Waals surface area contributed by atoms with E-state index in [2.05, 4.69) is 33.0 Å². The molecule has 2 N–H and O–H groups in total. The van der Waals surface area contributed by atoms with Crippen LogP contribution in [0.15, 0.2) is 0 Å². The smallest absolute Gasteiger partial charge is 0.0482 e. The molecule has 2 heteroatoms. The first kappa shape index (κ1) is 19.3. The third-order valence-electron chi connectivity index (χ3n) is 2.60. The average molecular weight is 245 g/mol. The Labute approximate surface area is 109 Å². The molecule has 0 atom stereocenters. The second-order valence-corrected chi connectivity index (χ2v) is 5.73. The van der Waals surface area contributed by atoms with Crippen molar-refractivity contribution in [3.8, 4) is 0 Å². The average Bonchev–Trinajstić information content (AvgIpc) is 2.33. The lowest BCUT2D eigenvalue weighted by atomic mass is 9.85. The predicted molar refractivity (Wildman–Crippen MR) is 78.4 cm³/mol. The Morgan fingerprint density at radius 1 is 1.06 bits per heavy atom. The van der Waals surface area contributed by atoms with Gasteiger partial charge in [-0.1, -0.05) is 48.0 Å². The lowest BCUT2D eigenvalue weighted by Crippen LogP contribution is -2.21. The van der Waals surface area contributed by atoms with Crippen LogP contribution in [-0.2, 0) is 0 Å². The fourth-order valence-electron chi connectivity index (χ4n) is 1.97. The predicted octanol–water partition coefficient (Wildman–Crippen LogP) is 3.84. The molecule has 17 heavy (non-hydrogen) atoms. The zero-order valence-corrected chi connectivity index (χ0v) is 13.0. The number of piperidine rings is 1. The van der Waals surface area contributed by atoms with Gasteiger partial charge in [0, 0.05) is 6.61 Å². The molecule has 1 rings (SSSR count). The summed E-state index contributed by atoms with van der Waals surface area (Å²) in [6, 6.07) is 0. The van der Waals surface area contributed by atoms with Crippen molar-refractivity contribution in [2.24, 2.45) is 11.3 Å². The Morgan fingerprint density at radius 2 is 1.53 bits per heavy atom. The normalized spacial score (nSPS) is 15.5. The Balaban J connectivity index is 0. The number of aliphatic hydroxyl groups is 1. The number of nitrogens with one attached hydrogen (secondary N) is 1. The van der Waals surface area contributed by atoms with E-state index in [4.69, 9.17) is 5.11 Å². The minimum Gasteiger partial charge on any atom is -0.396 e. The third kappa shape index (κ3) is 15.9. The van der Waals surface area contributed by atoms with Crippen LogP contribution < -0.4 is 5.32 Å². The monoisotopic (exact) mass is 245 g/mol. The van der Waals surface area contributed by atoms with Crippen LogP contribution in [0.25, 0.3) is 0 Å². The zero-order chi connectivity index (χ0) is 13.7. The first-order valence-corrected chi connectivity index (χ1v) is 7.29. The van der Waals surface area contributed by atoms with Gasteiger partial charge in [-0.15, -0.1) is 0 Å². The molecule has 1 heterocycles. The van der Waals surface area contributed by atoms with Crippen LogP contribution in [0.3, 0.4) is 0 Å². The molecule has 0 saturated carbocycles. The SMILES string of the molecule is C1CCNCC1.CC.CC(C)CC(C)(C)CO. The second-order valence-electron chi connectivity index (χ2n) is 5.73. The van der Waals surface area contributed by atoms with Gasteiger partial charge < -0.3 is 10.4 Å². The molecule has 0 aliphatic carbocycles. The molecule has 106 valence electrons. The van der Waals surface area contributed by atoms with Crippen LogP contribution in [0.4, 0.5) is 0 Å². The Kier molecular flexibility index (Phi) is 14.0. The van der Waals surface area contributed by atoms with Gasteiger partial charge in [0.05, 0.1) is 0 Å². The highest BCUT2D eigenvalue weighted by molar-refractivity contribution is 4.67. The molecular formula is C15H35NO. The highest BCUT2D eigenvalue weighted by Gasteiger charge is 2.17. The molecule has 0 aromatic rings. The van der Waals surface area contributed by atoms with E-state index in [-0.39, 0.29) is 5.41 Å². The van der Waals surface area contributed by atoms with E-state index >= 15 is 0 Å². The van der Waals surface area contributed by atoms with Gasteiger partial charge in [0.15, 0.2) is 0 Å². The fraction of sp³-hybridized carbons (Fsp3) is 1.00. The van der Waals surface area contributed by atoms with Gasteiger partial charge in [0.1, 0.15) is 0 Å². The standard InChI is InChI=1S/C8H18O.C5H11N.C2H6/c1-7(2)5-8(3,4)6-9;1-2-4-6-5-3-1;1-2/h7,9H,5-6H2,1-4H3;6H,1-5H2;1-2H3. The summed E-state index contributed by atoms with van der Waals surface area (Å²) in [5, 5.41) is 12.1. The summed E-state index contributed by atoms with van der Waals surface area (Å²) in [6.45, 7) is 15.3. The van der Waals surface area contributed by atoms with Crippen LogP contribution in [0, 0.1) is 11.3 Å². The second kappa shape index (κ2) is 12.4. The number of rotatable bonds is 3. The Bertz CT molecular complexity index is 128. The molecule has 1 aliphatic heterocycles. The van der Waals surface area contributed by atoms with E-state index in [0.717, 1.165) is 6.42 Å². The van der Waals surface area contributed by atoms with E-state index in [1.54, 1.807) is 0 Å². The molecular weight excluding hydrogens is 210 g/mol. The van der Waals surface area contributed by atoms with Gasteiger partial charge in [-0.25, -0.2) is 0 Å². The largest absolute Gasteiger partial charge is 0.396 e. The van der Waals surface area contributed by atoms with E-state index in [1.165, 1.54) is 32.4 Å². The van der Waals surface area contributed by atoms with Gasteiger partial charge >= 0.3 is 0 Å². The first-order chi connectivity index (χ1) is 7.98. The summed E-state index contributed by atoms with van der Waals surface area (Å²) in [4.78, 5) is 0. The zero-order valence-electron chi connectivity index (χ0n) is 13.0. The van der Waals surface area contributed by atoms with Crippen LogP contribution in [0.5, 0.6) is 0 Å². The molecule has 0 bridgehead atoms. The molecule has 1 saturated heterocycles. The number of hydrogen-bond donors (Lipinski definition) is 2. The van der Waals surface area contributed by atoms with Gasteiger partial charge in [-0.2, -0.15) is 0 Å². The molecule has 0 amide bonds.